The Morgan fingerprint density at radius 1 is 1.50 bits per heavy atom. The molecule has 0 saturated carbocycles. The first-order valence-corrected chi connectivity index (χ1v) is 8.03. The van der Waals surface area contributed by atoms with E-state index in [9.17, 15) is 8.42 Å². The van der Waals surface area contributed by atoms with E-state index in [2.05, 4.69) is 5.10 Å². The molecule has 0 aliphatic heterocycles. The molecule has 100 valence electrons. The van der Waals surface area contributed by atoms with E-state index in [0.717, 1.165) is 0 Å². The highest BCUT2D eigenvalue weighted by molar-refractivity contribution is 8.13. The van der Waals surface area contributed by atoms with Crippen molar-refractivity contribution in [2.75, 3.05) is 0 Å². The summed E-state index contributed by atoms with van der Waals surface area (Å²) in [5, 5.41) is 12.6. The van der Waals surface area contributed by atoms with Crippen molar-refractivity contribution in [3.8, 4) is 6.07 Å². The van der Waals surface area contributed by atoms with E-state index in [4.69, 9.17) is 27.5 Å². The number of aryl methyl sites for hydroxylation is 1. The highest BCUT2D eigenvalue weighted by atomic mass is 35.7. The molecule has 8 heteroatoms. The summed E-state index contributed by atoms with van der Waals surface area (Å²) in [5.41, 5.74) is 0.350. The Labute approximate surface area is 116 Å². The van der Waals surface area contributed by atoms with Gasteiger partial charge in [-0.3, -0.25) is 4.68 Å². The van der Waals surface area contributed by atoms with Gasteiger partial charge in [0.05, 0.1) is 24.7 Å². The molecule has 1 aromatic rings. The number of rotatable bonds is 5. The maximum atomic E-state index is 11.5. The Hall–Kier alpha value is -0.770. The fraction of sp³-hybridized carbons (Fsp3) is 0.600. The number of nitrogens with zero attached hydrogens (tertiary/aromatic N) is 3. The second-order valence-corrected chi connectivity index (χ2v) is 7.09. The lowest BCUT2D eigenvalue weighted by Crippen LogP contribution is -2.02. The SMILES string of the molecule is CC(C)Cc1nn(CCC#N)c(Cl)c1S(=O)(=O)Cl. The normalized spacial score (nSPS) is 11.8. The lowest BCUT2D eigenvalue weighted by atomic mass is 10.1. The standard InChI is InChI=1S/C10H13Cl2N3O2S/c1-7(2)6-8-9(18(12,16)17)10(11)15(14-8)5-3-4-13/h7H,3,5-6H2,1-2H3. The molecule has 0 aromatic carbocycles. The van der Waals surface area contributed by atoms with Crippen molar-refractivity contribution in [3.63, 3.8) is 0 Å². The van der Waals surface area contributed by atoms with Crippen molar-refractivity contribution in [3.05, 3.63) is 10.8 Å². The minimum absolute atomic E-state index is 0.0316. The minimum Gasteiger partial charge on any atom is -0.251 e. The molecular weight excluding hydrogens is 297 g/mol. The Kier molecular flexibility index (Phi) is 5.02. The molecule has 18 heavy (non-hydrogen) atoms. The quantitative estimate of drug-likeness (QED) is 0.783. The van der Waals surface area contributed by atoms with E-state index in [1.807, 2.05) is 19.9 Å². The third-order valence-corrected chi connectivity index (χ3v) is 4.07. The molecule has 0 radical (unpaired) electrons. The van der Waals surface area contributed by atoms with Gasteiger partial charge in [0.25, 0.3) is 9.05 Å². The van der Waals surface area contributed by atoms with Gasteiger partial charge in [0.2, 0.25) is 0 Å². The molecule has 0 aliphatic rings. The van der Waals surface area contributed by atoms with Crippen LogP contribution in [0, 0.1) is 17.2 Å². The Balaban J connectivity index is 3.28. The van der Waals surface area contributed by atoms with Crippen LogP contribution in [0.2, 0.25) is 5.15 Å². The van der Waals surface area contributed by atoms with Crippen LogP contribution in [-0.4, -0.2) is 18.2 Å². The van der Waals surface area contributed by atoms with Gasteiger partial charge >= 0.3 is 0 Å². The molecule has 0 atom stereocenters. The summed E-state index contributed by atoms with van der Waals surface area (Å²) in [6, 6.07) is 1.95. The summed E-state index contributed by atoms with van der Waals surface area (Å²) in [4.78, 5) is -0.141. The molecule has 0 unspecified atom stereocenters. The van der Waals surface area contributed by atoms with E-state index in [0.29, 0.717) is 12.1 Å². The Morgan fingerprint density at radius 2 is 2.11 bits per heavy atom. The smallest absolute Gasteiger partial charge is 0.251 e. The maximum absolute atomic E-state index is 11.5. The summed E-state index contributed by atoms with van der Waals surface area (Å²) < 4.78 is 24.3. The topological polar surface area (TPSA) is 75.8 Å². The molecule has 1 aromatic heterocycles. The van der Waals surface area contributed by atoms with Gasteiger partial charge in [-0.1, -0.05) is 25.4 Å². The lowest BCUT2D eigenvalue weighted by molar-refractivity contribution is 0.585. The first kappa shape index (κ1) is 15.3. The molecule has 0 spiro atoms. The predicted molar refractivity (Wildman–Crippen MR) is 69.0 cm³/mol. The second-order valence-electron chi connectivity index (χ2n) is 4.23. The first-order chi connectivity index (χ1) is 8.27. The number of hydrogen-bond donors (Lipinski definition) is 0. The van der Waals surface area contributed by atoms with Gasteiger partial charge in [-0.05, 0) is 12.3 Å². The molecule has 0 bridgehead atoms. The Morgan fingerprint density at radius 3 is 2.56 bits per heavy atom. The largest absolute Gasteiger partial charge is 0.266 e. The summed E-state index contributed by atoms with van der Waals surface area (Å²) in [6.45, 7) is 4.12. The van der Waals surface area contributed by atoms with Crippen LogP contribution in [0.5, 0.6) is 0 Å². The van der Waals surface area contributed by atoms with Gasteiger partial charge in [-0.25, -0.2) is 8.42 Å². The number of hydrogen-bond acceptors (Lipinski definition) is 4. The molecule has 0 fully saturated rings. The zero-order valence-corrected chi connectivity index (χ0v) is 12.3. The maximum Gasteiger partial charge on any atom is 0.266 e. The van der Waals surface area contributed by atoms with E-state index >= 15 is 0 Å². The zero-order chi connectivity index (χ0) is 13.9. The average Bonchev–Trinajstić information content (AvgIpc) is 2.50. The summed E-state index contributed by atoms with van der Waals surface area (Å²) in [6.07, 6.45) is 0.658. The first-order valence-electron chi connectivity index (χ1n) is 5.34. The van der Waals surface area contributed by atoms with Gasteiger partial charge in [0.1, 0.15) is 10.0 Å². The van der Waals surface area contributed by atoms with Gasteiger partial charge in [0.15, 0.2) is 0 Å². The highest BCUT2D eigenvalue weighted by Crippen LogP contribution is 2.30. The van der Waals surface area contributed by atoms with Crippen LogP contribution >= 0.6 is 22.3 Å². The van der Waals surface area contributed by atoms with Crippen molar-refractivity contribution in [2.24, 2.45) is 5.92 Å². The van der Waals surface area contributed by atoms with Crippen molar-refractivity contribution in [1.29, 1.82) is 5.26 Å². The van der Waals surface area contributed by atoms with Crippen LogP contribution in [0.1, 0.15) is 26.0 Å². The van der Waals surface area contributed by atoms with Crippen LogP contribution in [-0.2, 0) is 22.0 Å². The van der Waals surface area contributed by atoms with E-state index < -0.39 is 9.05 Å². The van der Waals surface area contributed by atoms with Crippen molar-refractivity contribution >= 4 is 31.3 Å². The minimum atomic E-state index is -3.94. The molecule has 5 nitrogen and oxygen atoms in total. The monoisotopic (exact) mass is 309 g/mol. The van der Waals surface area contributed by atoms with Gasteiger partial charge in [-0.15, -0.1) is 0 Å². The molecule has 1 rings (SSSR count). The van der Waals surface area contributed by atoms with Crippen LogP contribution < -0.4 is 0 Å². The number of aromatic nitrogens is 2. The molecular formula is C10H13Cl2N3O2S. The second kappa shape index (κ2) is 5.91. The molecule has 0 N–H and O–H groups in total. The highest BCUT2D eigenvalue weighted by Gasteiger charge is 2.26. The zero-order valence-electron chi connectivity index (χ0n) is 10.0. The fourth-order valence-electron chi connectivity index (χ4n) is 1.54. The number of nitriles is 1. The third kappa shape index (κ3) is 3.61. The van der Waals surface area contributed by atoms with Gasteiger partial charge < -0.3 is 0 Å². The number of halogens is 2. The van der Waals surface area contributed by atoms with Crippen LogP contribution in [0.15, 0.2) is 4.90 Å². The molecule has 0 saturated heterocycles. The summed E-state index contributed by atoms with van der Waals surface area (Å²) >= 11 is 5.96. The molecule has 0 aliphatic carbocycles. The third-order valence-electron chi connectivity index (χ3n) is 2.20. The van der Waals surface area contributed by atoms with E-state index in [1.54, 1.807) is 0 Å². The van der Waals surface area contributed by atoms with Crippen molar-refractivity contribution in [1.82, 2.24) is 9.78 Å². The van der Waals surface area contributed by atoms with Crippen molar-refractivity contribution < 1.29 is 8.42 Å². The van der Waals surface area contributed by atoms with E-state index in [1.165, 1.54) is 4.68 Å². The van der Waals surface area contributed by atoms with Crippen molar-refractivity contribution in [2.45, 2.75) is 38.1 Å². The van der Waals surface area contributed by atoms with E-state index in [-0.39, 0.29) is 28.9 Å². The van der Waals surface area contributed by atoms with Crippen LogP contribution in [0.25, 0.3) is 0 Å². The molecule has 0 amide bonds. The lowest BCUT2D eigenvalue weighted by Gasteiger charge is -2.02. The predicted octanol–water partition coefficient (Wildman–Crippen LogP) is 2.58. The Bertz CT molecular complexity index is 573. The average molecular weight is 310 g/mol. The van der Waals surface area contributed by atoms with Crippen LogP contribution in [0.4, 0.5) is 0 Å². The van der Waals surface area contributed by atoms with Gasteiger partial charge in [0, 0.05) is 10.7 Å². The van der Waals surface area contributed by atoms with Crippen LogP contribution in [0.3, 0.4) is 0 Å². The fourth-order valence-corrected chi connectivity index (χ4v) is 3.39. The summed E-state index contributed by atoms with van der Waals surface area (Å²) in [5.74, 6) is 0.220. The molecule has 1 heterocycles. The summed E-state index contributed by atoms with van der Waals surface area (Å²) in [7, 11) is 1.43. The van der Waals surface area contributed by atoms with Gasteiger partial charge in [-0.2, -0.15) is 10.4 Å².